The van der Waals surface area contributed by atoms with Gasteiger partial charge in [-0.3, -0.25) is 9.59 Å². The second-order valence-corrected chi connectivity index (χ2v) is 5.44. The quantitative estimate of drug-likeness (QED) is 0.926. The van der Waals surface area contributed by atoms with E-state index in [0.717, 1.165) is 12.1 Å². The number of carbonyl (C=O) groups is 2. The molecule has 1 heterocycles. The first kappa shape index (κ1) is 13.6. The van der Waals surface area contributed by atoms with E-state index in [2.05, 4.69) is 5.32 Å². The molecule has 3 rings (SSSR count). The van der Waals surface area contributed by atoms with Crippen molar-refractivity contribution in [2.45, 2.75) is 31.2 Å². The lowest BCUT2D eigenvalue weighted by Gasteiger charge is -2.46. The fourth-order valence-electron chi connectivity index (χ4n) is 2.80. The highest BCUT2D eigenvalue weighted by Gasteiger charge is 2.50. The van der Waals surface area contributed by atoms with E-state index in [0.29, 0.717) is 19.3 Å². The molecular formula is C17H18N2O2. The summed E-state index contributed by atoms with van der Waals surface area (Å²) in [6, 6.07) is 9.37. The van der Waals surface area contributed by atoms with Crippen LogP contribution in [0, 0.1) is 0 Å². The van der Waals surface area contributed by atoms with Crippen LogP contribution in [-0.4, -0.2) is 22.3 Å². The Kier molecular flexibility index (Phi) is 3.60. The molecule has 0 atom stereocenters. The van der Waals surface area contributed by atoms with Gasteiger partial charge in [0, 0.05) is 18.3 Å². The molecule has 0 bridgehead atoms. The van der Waals surface area contributed by atoms with Crippen LogP contribution in [0.3, 0.4) is 0 Å². The minimum Gasteiger partial charge on any atom is -0.324 e. The SMILES string of the molecule is O=C1CC=CC=CN1C1(C(=O)Nc2ccccc2)CCC1. The van der Waals surface area contributed by atoms with Gasteiger partial charge in [-0.25, -0.2) is 0 Å². The van der Waals surface area contributed by atoms with Crippen molar-refractivity contribution in [3.63, 3.8) is 0 Å². The van der Waals surface area contributed by atoms with E-state index in [-0.39, 0.29) is 11.8 Å². The lowest BCUT2D eigenvalue weighted by molar-refractivity contribution is -0.145. The van der Waals surface area contributed by atoms with Gasteiger partial charge in [-0.2, -0.15) is 0 Å². The summed E-state index contributed by atoms with van der Waals surface area (Å²) in [6.45, 7) is 0. The van der Waals surface area contributed by atoms with Gasteiger partial charge in [0.05, 0.1) is 0 Å². The van der Waals surface area contributed by atoms with Crippen molar-refractivity contribution in [1.82, 2.24) is 4.90 Å². The van der Waals surface area contributed by atoms with E-state index < -0.39 is 5.54 Å². The third kappa shape index (κ3) is 2.49. The number of amides is 2. The van der Waals surface area contributed by atoms with Crippen molar-refractivity contribution in [3.8, 4) is 0 Å². The van der Waals surface area contributed by atoms with Gasteiger partial charge in [-0.1, -0.05) is 30.4 Å². The number of hydrogen-bond acceptors (Lipinski definition) is 2. The Balaban J connectivity index is 1.83. The average Bonchev–Trinajstić information content (AvgIpc) is 2.65. The van der Waals surface area contributed by atoms with E-state index in [1.54, 1.807) is 11.1 Å². The van der Waals surface area contributed by atoms with Crippen LogP contribution < -0.4 is 5.32 Å². The summed E-state index contributed by atoms with van der Waals surface area (Å²) in [5, 5.41) is 2.94. The highest BCUT2D eigenvalue weighted by atomic mass is 16.2. The molecule has 1 aliphatic heterocycles. The normalized spacial score (nSPS) is 19.8. The predicted molar refractivity (Wildman–Crippen MR) is 81.4 cm³/mol. The van der Waals surface area contributed by atoms with Crippen LogP contribution in [0.15, 0.2) is 54.8 Å². The van der Waals surface area contributed by atoms with Crippen LogP contribution in [-0.2, 0) is 9.59 Å². The fourth-order valence-corrected chi connectivity index (χ4v) is 2.80. The summed E-state index contributed by atoms with van der Waals surface area (Å²) in [4.78, 5) is 26.6. The summed E-state index contributed by atoms with van der Waals surface area (Å²) in [5.41, 5.74) is 0.0354. The van der Waals surface area contributed by atoms with Crippen molar-refractivity contribution in [3.05, 3.63) is 54.8 Å². The molecular weight excluding hydrogens is 264 g/mol. The monoisotopic (exact) mass is 282 g/mol. The summed E-state index contributed by atoms with van der Waals surface area (Å²) in [6.07, 6.45) is 9.94. The highest BCUT2D eigenvalue weighted by molar-refractivity contribution is 6.01. The van der Waals surface area contributed by atoms with Gasteiger partial charge in [0.15, 0.2) is 0 Å². The third-order valence-electron chi connectivity index (χ3n) is 4.14. The maximum atomic E-state index is 12.7. The van der Waals surface area contributed by atoms with Crippen LogP contribution in [0.2, 0.25) is 0 Å². The molecule has 0 spiro atoms. The van der Waals surface area contributed by atoms with E-state index >= 15 is 0 Å². The molecule has 1 aromatic carbocycles. The van der Waals surface area contributed by atoms with Gasteiger partial charge >= 0.3 is 0 Å². The van der Waals surface area contributed by atoms with Gasteiger partial charge < -0.3 is 10.2 Å². The number of benzene rings is 1. The largest absolute Gasteiger partial charge is 0.324 e. The van der Waals surface area contributed by atoms with Crippen LogP contribution in [0.1, 0.15) is 25.7 Å². The molecule has 1 aliphatic carbocycles. The lowest BCUT2D eigenvalue weighted by Crippen LogP contribution is -2.61. The molecule has 108 valence electrons. The van der Waals surface area contributed by atoms with Gasteiger partial charge in [-0.15, -0.1) is 0 Å². The number of nitrogens with one attached hydrogen (secondary N) is 1. The first-order chi connectivity index (χ1) is 10.2. The Hall–Kier alpha value is -2.36. The predicted octanol–water partition coefficient (Wildman–Crippen LogP) is 2.85. The standard InChI is InChI=1S/C17H18N2O2/c20-15-10-5-2-6-13-19(15)17(11-7-12-17)16(21)18-14-8-3-1-4-9-14/h1-6,8-9,13H,7,10-12H2,(H,18,21). The molecule has 1 N–H and O–H groups in total. The zero-order valence-corrected chi connectivity index (χ0v) is 11.8. The van der Waals surface area contributed by atoms with Crippen LogP contribution in [0.25, 0.3) is 0 Å². The number of rotatable bonds is 3. The molecule has 1 aromatic rings. The van der Waals surface area contributed by atoms with Gasteiger partial charge in [0.25, 0.3) is 5.91 Å². The molecule has 2 amide bonds. The van der Waals surface area contributed by atoms with E-state index in [4.69, 9.17) is 0 Å². The number of hydrogen-bond donors (Lipinski definition) is 1. The van der Waals surface area contributed by atoms with Crippen molar-refractivity contribution in [2.24, 2.45) is 0 Å². The Bertz CT molecular complexity index is 600. The van der Waals surface area contributed by atoms with Crippen molar-refractivity contribution < 1.29 is 9.59 Å². The Morgan fingerprint density at radius 3 is 2.57 bits per heavy atom. The Labute approximate surface area is 124 Å². The third-order valence-corrected chi connectivity index (χ3v) is 4.14. The number of carbonyl (C=O) groups excluding carboxylic acids is 2. The summed E-state index contributed by atoms with van der Waals surface area (Å²) in [7, 11) is 0. The van der Waals surface area contributed by atoms with Gasteiger partial charge in [-0.05, 0) is 37.5 Å². The summed E-state index contributed by atoms with van der Waals surface area (Å²) >= 11 is 0. The molecule has 0 aromatic heterocycles. The first-order valence-electron chi connectivity index (χ1n) is 7.24. The Morgan fingerprint density at radius 1 is 1.14 bits per heavy atom. The zero-order valence-electron chi connectivity index (χ0n) is 11.8. The number of anilines is 1. The number of para-hydroxylation sites is 1. The second-order valence-electron chi connectivity index (χ2n) is 5.44. The minimum absolute atomic E-state index is 0.0251. The lowest BCUT2D eigenvalue weighted by atomic mass is 9.74. The molecule has 4 nitrogen and oxygen atoms in total. The van der Waals surface area contributed by atoms with Crippen molar-refractivity contribution >= 4 is 17.5 Å². The molecule has 4 heteroatoms. The summed E-state index contributed by atoms with van der Waals surface area (Å²) < 4.78 is 0. The minimum atomic E-state index is -0.727. The molecule has 0 radical (unpaired) electrons. The van der Waals surface area contributed by atoms with E-state index in [9.17, 15) is 9.59 Å². The van der Waals surface area contributed by atoms with E-state index in [1.807, 2.05) is 48.6 Å². The van der Waals surface area contributed by atoms with Gasteiger partial charge in [0.1, 0.15) is 5.54 Å². The summed E-state index contributed by atoms with van der Waals surface area (Å²) in [5.74, 6) is -0.122. The molecule has 1 saturated carbocycles. The molecule has 2 aliphatic rings. The van der Waals surface area contributed by atoms with Crippen LogP contribution >= 0.6 is 0 Å². The molecule has 1 fully saturated rings. The Morgan fingerprint density at radius 2 is 1.90 bits per heavy atom. The van der Waals surface area contributed by atoms with Crippen molar-refractivity contribution in [1.29, 1.82) is 0 Å². The first-order valence-corrected chi connectivity index (χ1v) is 7.24. The molecule has 0 saturated heterocycles. The second kappa shape index (κ2) is 5.56. The molecule has 21 heavy (non-hydrogen) atoms. The topological polar surface area (TPSA) is 49.4 Å². The van der Waals surface area contributed by atoms with Crippen LogP contribution in [0.4, 0.5) is 5.69 Å². The number of allylic oxidation sites excluding steroid dienone is 2. The van der Waals surface area contributed by atoms with E-state index in [1.165, 1.54) is 0 Å². The number of nitrogens with zero attached hydrogens (tertiary/aromatic N) is 1. The van der Waals surface area contributed by atoms with Crippen molar-refractivity contribution in [2.75, 3.05) is 5.32 Å². The maximum absolute atomic E-state index is 12.7. The smallest absolute Gasteiger partial charge is 0.250 e. The highest BCUT2D eigenvalue weighted by Crippen LogP contribution is 2.40. The zero-order chi connectivity index (χ0) is 14.7. The average molecular weight is 282 g/mol. The van der Waals surface area contributed by atoms with Gasteiger partial charge in [0.2, 0.25) is 5.91 Å². The maximum Gasteiger partial charge on any atom is 0.250 e. The molecule has 0 unspecified atom stereocenters. The fraction of sp³-hybridized carbons (Fsp3) is 0.294. The van der Waals surface area contributed by atoms with Crippen LogP contribution in [0.5, 0.6) is 0 Å².